The quantitative estimate of drug-likeness (QED) is 0.874. The molecule has 1 aliphatic rings. The van der Waals surface area contributed by atoms with E-state index in [1.165, 1.54) is 6.42 Å². The topological polar surface area (TPSA) is 32.3 Å². The molecule has 19 heavy (non-hydrogen) atoms. The maximum absolute atomic E-state index is 9.96. The Kier molecular flexibility index (Phi) is 5.52. The van der Waals surface area contributed by atoms with Gasteiger partial charge in [-0.2, -0.15) is 0 Å². The van der Waals surface area contributed by atoms with Crippen molar-refractivity contribution in [2.24, 2.45) is 5.92 Å². The Hall–Kier alpha value is -0.280. The number of rotatable bonds is 4. The summed E-state index contributed by atoms with van der Waals surface area (Å²) >= 11 is 12.2. The molecular weight excluding hydrogens is 281 g/mol. The largest absolute Gasteiger partial charge is 0.393 e. The molecule has 3 unspecified atom stereocenters. The van der Waals surface area contributed by atoms with E-state index in [9.17, 15) is 5.11 Å². The van der Waals surface area contributed by atoms with Crippen LogP contribution < -0.4 is 5.32 Å². The summed E-state index contributed by atoms with van der Waals surface area (Å²) in [5.41, 5.74) is 1.01. The summed E-state index contributed by atoms with van der Waals surface area (Å²) in [7, 11) is 0. The Morgan fingerprint density at radius 1 is 1.32 bits per heavy atom. The Balaban J connectivity index is 1.93. The molecule has 0 saturated heterocycles. The molecule has 1 fully saturated rings. The number of aliphatic hydroxyl groups is 1. The van der Waals surface area contributed by atoms with Crippen LogP contribution in [0.2, 0.25) is 10.0 Å². The molecular formula is C15H21Cl2NO. The second-order valence-corrected chi connectivity index (χ2v) is 6.25. The van der Waals surface area contributed by atoms with Crippen molar-refractivity contribution in [1.82, 2.24) is 5.32 Å². The minimum absolute atomic E-state index is 0.139. The maximum atomic E-state index is 9.96. The Morgan fingerprint density at radius 3 is 2.79 bits per heavy atom. The normalized spacial score (nSPS) is 25.3. The standard InChI is InChI=1S/C15H21Cl2NO/c1-10(13-8-12(16)6-7-14(13)17)18-9-11-4-2-3-5-15(11)19/h6-8,10-11,15,18-19H,2-5,9H2,1H3. The Bertz CT molecular complexity index is 425. The smallest absolute Gasteiger partial charge is 0.0580 e. The van der Waals surface area contributed by atoms with Crippen LogP contribution in [0, 0.1) is 5.92 Å². The van der Waals surface area contributed by atoms with Crippen LogP contribution in [-0.4, -0.2) is 17.8 Å². The van der Waals surface area contributed by atoms with Gasteiger partial charge >= 0.3 is 0 Å². The summed E-state index contributed by atoms with van der Waals surface area (Å²) < 4.78 is 0. The van der Waals surface area contributed by atoms with Crippen LogP contribution in [-0.2, 0) is 0 Å². The molecule has 106 valence electrons. The van der Waals surface area contributed by atoms with Gasteiger partial charge in [0.15, 0.2) is 0 Å². The monoisotopic (exact) mass is 301 g/mol. The highest BCUT2D eigenvalue weighted by molar-refractivity contribution is 6.33. The molecule has 2 rings (SSSR count). The average Bonchev–Trinajstić information content (AvgIpc) is 2.40. The van der Waals surface area contributed by atoms with Crippen molar-refractivity contribution in [2.75, 3.05) is 6.54 Å². The van der Waals surface area contributed by atoms with Gasteiger partial charge < -0.3 is 10.4 Å². The van der Waals surface area contributed by atoms with Crippen molar-refractivity contribution >= 4 is 23.2 Å². The highest BCUT2D eigenvalue weighted by Gasteiger charge is 2.23. The molecule has 0 heterocycles. The van der Waals surface area contributed by atoms with E-state index in [0.717, 1.165) is 36.4 Å². The van der Waals surface area contributed by atoms with Crippen LogP contribution in [0.25, 0.3) is 0 Å². The van der Waals surface area contributed by atoms with Gasteiger partial charge in [0.25, 0.3) is 0 Å². The van der Waals surface area contributed by atoms with Gasteiger partial charge in [0.05, 0.1) is 6.10 Å². The van der Waals surface area contributed by atoms with Crippen LogP contribution in [0.5, 0.6) is 0 Å². The zero-order chi connectivity index (χ0) is 13.8. The van der Waals surface area contributed by atoms with E-state index in [0.29, 0.717) is 10.9 Å². The predicted octanol–water partition coefficient (Wildman–Crippen LogP) is 4.20. The second kappa shape index (κ2) is 6.94. The lowest BCUT2D eigenvalue weighted by Crippen LogP contribution is -2.35. The minimum Gasteiger partial charge on any atom is -0.393 e. The first kappa shape index (κ1) is 15.1. The van der Waals surface area contributed by atoms with E-state index < -0.39 is 0 Å². The van der Waals surface area contributed by atoms with Crippen LogP contribution in [0.15, 0.2) is 18.2 Å². The van der Waals surface area contributed by atoms with Gasteiger partial charge in [-0.25, -0.2) is 0 Å². The van der Waals surface area contributed by atoms with E-state index >= 15 is 0 Å². The first-order valence-electron chi connectivity index (χ1n) is 6.94. The minimum atomic E-state index is -0.164. The number of aliphatic hydroxyl groups excluding tert-OH is 1. The number of halogens is 2. The van der Waals surface area contributed by atoms with E-state index in [2.05, 4.69) is 12.2 Å². The summed E-state index contributed by atoms with van der Waals surface area (Å²) in [6.45, 7) is 2.90. The third kappa shape index (κ3) is 4.09. The molecule has 0 radical (unpaired) electrons. The van der Waals surface area contributed by atoms with Gasteiger partial charge in [0.1, 0.15) is 0 Å². The summed E-state index contributed by atoms with van der Waals surface area (Å²) in [6, 6.07) is 5.66. The lowest BCUT2D eigenvalue weighted by atomic mass is 9.86. The highest BCUT2D eigenvalue weighted by atomic mass is 35.5. The van der Waals surface area contributed by atoms with Crippen molar-refractivity contribution in [3.63, 3.8) is 0 Å². The van der Waals surface area contributed by atoms with Crippen molar-refractivity contribution < 1.29 is 5.11 Å². The Labute approximate surface area is 125 Å². The molecule has 2 nitrogen and oxygen atoms in total. The van der Waals surface area contributed by atoms with Crippen molar-refractivity contribution in [1.29, 1.82) is 0 Å². The van der Waals surface area contributed by atoms with Gasteiger partial charge in [-0.05, 0) is 49.4 Å². The molecule has 1 aromatic rings. The lowest BCUT2D eigenvalue weighted by Gasteiger charge is -2.29. The zero-order valence-electron chi connectivity index (χ0n) is 11.2. The summed E-state index contributed by atoms with van der Waals surface area (Å²) in [5.74, 6) is 0.356. The fraction of sp³-hybridized carbons (Fsp3) is 0.600. The lowest BCUT2D eigenvalue weighted by molar-refractivity contribution is 0.0684. The predicted molar refractivity (Wildman–Crippen MR) is 80.8 cm³/mol. The van der Waals surface area contributed by atoms with E-state index in [1.807, 2.05) is 12.1 Å². The van der Waals surface area contributed by atoms with Crippen LogP contribution >= 0.6 is 23.2 Å². The summed E-state index contributed by atoms with van der Waals surface area (Å²) in [6.07, 6.45) is 4.23. The van der Waals surface area contributed by atoms with Crippen LogP contribution in [0.1, 0.15) is 44.2 Å². The molecule has 1 aliphatic carbocycles. The molecule has 1 saturated carbocycles. The molecule has 0 spiro atoms. The van der Waals surface area contributed by atoms with Gasteiger partial charge in [-0.1, -0.05) is 36.0 Å². The van der Waals surface area contributed by atoms with Gasteiger partial charge in [0, 0.05) is 22.6 Å². The zero-order valence-corrected chi connectivity index (χ0v) is 12.7. The molecule has 1 aromatic carbocycles. The number of hydrogen-bond donors (Lipinski definition) is 2. The third-order valence-electron chi connectivity index (χ3n) is 3.98. The Morgan fingerprint density at radius 2 is 2.05 bits per heavy atom. The number of benzene rings is 1. The van der Waals surface area contributed by atoms with Gasteiger partial charge in [0.2, 0.25) is 0 Å². The van der Waals surface area contributed by atoms with Crippen LogP contribution in [0.4, 0.5) is 0 Å². The molecule has 0 aliphatic heterocycles. The van der Waals surface area contributed by atoms with Gasteiger partial charge in [-0.15, -0.1) is 0 Å². The molecule has 0 aromatic heterocycles. The number of nitrogens with one attached hydrogen (secondary N) is 1. The molecule has 0 bridgehead atoms. The molecule has 0 amide bonds. The molecule has 4 heteroatoms. The van der Waals surface area contributed by atoms with Crippen molar-refractivity contribution in [3.05, 3.63) is 33.8 Å². The first-order chi connectivity index (χ1) is 9.08. The van der Waals surface area contributed by atoms with E-state index in [1.54, 1.807) is 6.07 Å². The second-order valence-electron chi connectivity index (χ2n) is 5.41. The summed E-state index contributed by atoms with van der Waals surface area (Å²) in [5, 5.41) is 14.9. The summed E-state index contributed by atoms with van der Waals surface area (Å²) in [4.78, 5) is 0. The highest BCUT2D eigenvalue weighted by Crippen LogP contribution is 2.28. The maximum Gasteiger partial charge on any atom is 0.0580 e. The fourth-order valence-electron chi connectivity index (χ4n) is 2.71. The molecule has 3 atom stereocenters. The van der Waals surface area contributed by atoms with Crippen molar-refractivity contribution in [3.8, 4) is 0 Å². The van der Waals surface area contributed by atoms with Gasteiger partial charge in [-0.3, -0.25) is 0 Å². The third-order valence-corrected chi connectivity index (χ3v) is 4.56. The first-order valence-corrected chi connectivity index (χ1v) is 7.70. The average molecular weight is 302 g/mol. The fourth-order valence-corrected chi connectivity index (χ4v) is 3.17. The molecule has 2 N–H and O–H groups in total. The van der Waals surface area contributed by atoms with E-state index in [4.69, 9.17) is 23.2 Å². The SMILES string of the molecule is CC(NCC1CCCCC1O)c1cc(Cl)ccc1Cl. The number of hydrogen-bond acceptors (Lipinski definition) is 2. The van der Waals surface area contributed by atoms with E-state index in [-0.39, 0.29) is 12.1 Å². The van der Waals surface area contributed by atoms with Crippen LogP contribution in [0.3, 0.4) is 0 Å². The van der Waals surface area contributed by atoms with Crippen molar-refractivity contribution in [2.45, 2.75) is 44.8 Å².